The Balaban J connectivity index is 1.64. The fraction of sp³-hybridized carbons (Fsp3) is 0.167. The smallest absolute Gasteiger partial charge is 0.240 e. The third-order valence-electron chi connectivity index (χ3n) is 3.68. The van der Waals surface area contributed by atoms with Crippen LogP contribution in [0.25, 0.3) is 0 Å². The van der Waals surface area contributed by atoms with Crippen LogP contribution in [0.15, 0.2) is 47.5 Å². The van der Waals surface area contributed by atoms with Crippen LogP contribution in [0.5, 0.6) is 0 Å². The van der Waals surface area contributed by atoms with Gasteiger partial charge in [0, 0.05) is 6.42 Å². The molecule has 1 aliphatic rings. The fourth-order valence-corrected chi connectivity index (χ4v) is 3.46. The minimum Gasteiger partial charge on any atom is -0.325 e. The van der Waals surface area contributed by atoms with E-state index in [0.717, 1.165) is 11.8 Å². The first-order valence-electron chi connectivity index (χ1n) is 7.79. The van der Waals surface area contributed by atoms with Crippen molar-refractivity contribution in [1.82, 2.24) is 5.32 Å². The molecule has 2 N–H and O–H groups in total. The number of nitrogens with one attached hydrogen (secondary N) is 2. The number of carbonyl (C=O) groups excluding carboxylic acids is 2. The predicted octanol–water partition coefficient (Wildman–Crippen LogP) is 4.04. The zero-order chi connectivity index (χ0) is 18.7. The Hall–Kier alpha value is -2.38. The number of hydrogen-bond donors (Lipinski definition) is 2. The number of anilines is 1. The van der Waals surface area contributed by atoms with Crippen molar-refractivity contribution in [3.05, 3.63) is 58.9 Å². The lowest BCUT2D eigenvalue weighted by atomic mass is 10.2. The molecule has 2 aromatic carbocycles. The number of aliphatic imine (C=N–C) groups is 1. The molecular formula is C18H15ClFN3O2S. The van der Waals surface area contributed by atoms with Gasteiger partial charge >= 0.3 is 0 Å². The zero-order valence-electron chi connectivity index (χ0n) is 13.8. The second kappa shape index (κ2) is 7.88. The number of amidine groups is 1. The molecule has 0 saturated carbocycles. The Morgan fingerprint density at radius 1 is 1.35 bits per heavy atom. The number of hydrogen-bond acceptors (Lipinski definition) is 4. The van der Waals surface area contributed by atoms with Crippen LogP contribution in [0, 0.1) is 12.7 Å². The maximum Gasteiger partial charge on any atom is 0.240 e. The number of halogens is 2. The van der Waals surface area contributed by atoms with E-state index in [2.05, 4.69) is 15.6 Å². The van der Waals surface area contributed by atoms with Gasteiger partial charge in [0.1, 0.15) is 11.1 Å². The highest BCUT2D eigenvalue weighted by Gasteiger charge is 2.32. The molecule has 2 amide bonds. The zero-order valence-corrected chi connectivity index (χ0v) is 15.3. The number of benzene rings is 2. The predicted molar refractivity (Wildman–Crippen MR) is 102 cm³/mol. The van der Waals surface area contributed by atoms with Gasteiger partial charge in [-0.05, 0) is 36.8 Å². The third-order valence-corrected chi connectivity index (χ3v) is 5.09. The summed E-state index contributed by atoms with van der Waals surface area (Å²) in [4.78, 5) is 28.4. The van der Waals surface area contributed by atoms with E-state index in [1.807, 2.05) is 0 Å². The summed E-state index contributed by atoms with van der Waals surface area (Å²) in [6.45, 7) is 1.66. The van der Waals surface area contributed by atoms with Gasteiger partial charge in [-0.2, -0.15) is 0 Å². The molecule has 1 atom stereocenters. The van der Waals surface area contributed by atoms with Gasteiger partial charge in [0.2, 0.25) is 11.8 Å². The molecule has 0 bridgehead atoms. The van der Waals surface area contributed by atoms with E-state index in [9.17, 15) is 14.0 Å². The largest absolute Gasteiger partial charge is 0.325 e. The monoisotopic (exact) mass is 391 g/mol. The van der Waals surface area contributed by atoms with Crippen molar-refractivity contribution >= 4 is 51.7 Å². The van der Waals surface area contributed by atoms with Gasteiger partial charge in [-0.25, -0.2) is 9.38 Å². The average Bonchev–Trinajstić information content (AvgIpc) is 2.92. The lowest BCUT2D eigenvalue weighted by Crippen LogP contribution is -2.28. The van der Waals surface area contributed by atoms with Crippen molar-refractivity contribution in [3.63, 3.8) is 0 Å². The van der Waals surface area contributed by atoms with E-state index in [1.165, 1.54) is 6.07 Å². The average molecular weight is 392 g/mol. The first-order chi connectivity index (χ1) is 12.4. The van der Waals surface area contributed by atoms with Gasteiger partial charge in [0.05, 0.1) is 16.4 Å². The van der Waals surface area contributed by atoms with E-state index < -0.39 is 5.25 Å². The molecule has 8 heteroatoms. The second-order valence-corrected chi connectivity index (χ2v) is 7.28. The van der Waals surface area contributed by atoms with Gasteiger partial charge in [-0.3, -0.25) is 9.59 Å². The van der Waals surface area contributed by atoms with Crippen molar-refractivity contribution in [2.24, 2.45) is 4.99 Å². The Kier molecular flexibility index (Phi) is 5.58. The Morgan fingerprint density at radius 3 is 2.85 bits per heavy atom. The lowest BCUT2D eigenvalue weighted by molar-refractivity contribution is -0.122. The van der Waals surface area contributed by atoms with E-state index in [4.69, 9.17) is 11.6 Å². The standard InChI is InChI=1S/C18H15ClFN3O2S/c1-10-6-7-11(8-13(10)20)21-18-23-17(25)15(26-18)9-16(24)22-14-5-3-2-4-12(14)19/h2-8,15H,9H2,1H3,(H,22,24)(H,21,23,25)/t15-/m0/s1. The number of thioether (sulfide) groups is 1. The molecule has 3 rings (SSSR count). The fourth-order valence-electron chi connectivity index (χ4n) is 2.29. The number of aryl methyl sites for hydroxylation is 1. The van der Waals surface area contributed by atoms with Crippen molar-refractivity contribution in [1.29, 1.82) is 0 Å². The summed E-state index contributed by atoms with van der Waals surface area (Å²) in [6.07, 6.45) is -0.0248. The van der Waals surface area contributed by atoms with Crippen molar-refractivity contribution in [3.8, 4) is 0 Å². The maximum atomic E-state index is 13.6. The van der Waals surface area contributed by atoms with Crippen molar-refractivity contribution in [2.45, 2.75) is 18.6 Å². The Bertz CT molecular complexity index is 904. The highest BCUT2D eigenvalue weighted by molar-refractivity contribution is 8.15. The van der Waals surface area contributed by atoms with Crippen LogP contribution in [0.4, 0.5) is 15.8 Å². The molecule has 0 aliphatic carbocycles. The minimum absolute atomic E-state index is 0.0248. The molecule has 0 spiro atoms. The Morgan fingerprint density at radius 2 is 2.12 bits per heavy atom. The Labute approximate surface area is 159 Å². The summed E-state index contributed by atoms with van der Waals surface area (Å²) >= 11 is 7.14. The van der Waals surface area contributed by atoms with Gasteiger partial charge in [0.15, 0.2) is 5.17 Å². The quantitative estimate of drug-likeness (QED) is 0.826. The van der Waals surface area contributed by atoms with Crippen LogP contribution in [0.2, 0.25) is 5.02 Å². The van der Waals surface area contributed by atoms with Crippen molar-refractivity contribution in [2.75, 3.05) is 5.32 Å². The summed E-state index contributed by atoms with van der Waals surface area (Å²) in [6, 6.07) is 11.4. The van der Waals surface area contributed by atoms with Gasteiger partial charge < -0.3 is 10.6 Å². The van der Waals surface area contributed by atoms with Gasteiger partial charge in [-0.1, -0.05) is 41.6 Å². The lowest BCUT2D eigenvalue weighted by Gasteiger charge is -2.08. The molecule has 0 radical (unpaired) electrons. The summed E-state index contributed by atoms with van der Waals surface area (Å²) < 4.78 is 13.6. The van der Waals surface area contributed by atoms with E-state index in [1.54, 1.807) is 43.3 Å². The van der Waals surface area contributed by atoms with Crippen LogP contribution in [0.1, 0.15) is 12.0 Å². The van der Waals surface area contributed by atoms with Crippen LogP contribution >= 0.6 is 23.4 Å². The number of nitrogens with zero attached hydrogens (tertiary/aromatic N) is 1. The number of carbonyl (C=O) groups is 2. The number of rotatable bonds is 4. The normalized spacial score (nSPS) is 18.0. The SMILES string of the molecule is Cc1ccc(N=C2NC(=O)[C@H](CC(=O)Nc3ccccc3Cl)S2)cc1F. The molecule has 1 fully saturated rings. The molecule has 134 valence electrons. The summed E-state index contributed by atoms with van der Waals surface area (Å²) in [5.74, 6) is -0.999. The molecule has 26 heavy (non-hydrogen) atoms. The summed E-state index contributed by atoms with van der Waals surface area (Å²) in [5, 5.41) is 5.46. The molecule has 5 nitrogen and oxygen atoms in total. The van der Waals surface area contributed by atoms with Gasteiger partial charge in [-0.15, -0.1) is 0 Å². The topological polar surface area (TPSA) is 70.6 Å². The highest BCUT2D eigenvalue weighted by Crippen LogP contribution is 2.27. The van der Waals surface area contributed by atoms with E-state index in [-0.39, 0.29) is 24.1 Å². The van der Waals surface area contributed by atoms with E-state index in [0.29, 0.717) is 27.1 Å². The first-order valence-corrected chi connectivity index (χ1v) is 9.05. The molecule has 0 aromatic heterocycles. The van der Waals surface area contributed by atoms with E-state index >= 15 is 0 Å². The third kappa shape index (κ3) is 4.42. The van der Waals surface area contributed by atoms with Crippen LogP contribution in [-0.2, 0) is 9.59 Å². The number of amides is 2. The first kappa shape index (κ1) is 18.4. The second-order valence-electron chi connectivity index (χ2n) is 5.68. The van der Waals surface area contributed by atoms with Crippen molar-refractivity contribution < 1.29 is 14.0 Å². The molecule has 2 aromatic rings. The van der Waals surface area contributed by atoms with Crippen LogP contribution < -0.4 is 10.6 Å². The molecular weight excluding hydrogens is 377 g/mol. The summed E-state index contributed by atoms with van der Waals surface area (Å²) in [5.41, 5.74) is 1.41. The minimum atomic E-state index is -0.605. The highest BCUT2D eigenvalue weighted by atomic mass is 35.5. The van der Waals surface area contributed by atoms with Gasteiger partial charge in [0.25, 0.3) is 0 Å². The molecule has 0 unspecified atom stereocenters. The number of para-hydroxylation sites is 1. The summed E-state index contributed by atoms with van der Waals surface area (Å²) in [7, 11) is 0. The molecule has 1 aliphatic heterocycles. The maximum absolute atomic E-state index is 13.6. The molecule has 1 saturated heterocycles. The van der Waals surface area contributed by atoms with Crippen LogP contribution in [-0.4, -0.2) is 22.2 Å². The molecule has 1 heterocycles. The van der Waals surface area contributed by atoms with Crippen LogP contribution in [0.3, 0.4) is 0 Å².